The summed E-state index contributed by atoms with van der Waals surface area (Å²) in [5, 5.41) is 8.93. The first-order chi connectivity index (χ1) is 27.3. The van der Waals surface area contributed by atoms with Gasteiger partial charge in [0.05, 0.1) is 22.6 Å². The van der Waals surface area contributed by atoms with E-state index in [9.17, 15) is 0 Å². The molecule has 258 valence electrons. The van der Waals surface area contributed by atoms with Crippen LogP contribution >= 0.6 is 0 Å². The highest BCUT2D eigenvalue weighted by Gasteiger charge is 2.24. The summed E-state index contributed by atoms with van der Waals surface area (Å²) >= 11 is 0. The van der Waals surface area contributed by atoms with E-state index in [4.69, 9.17) is 15.1 Å². The quantitative estimate of drug-likeness (QED) is 0.166. The molecule has 0 unspecified atom stereocenters. The van der Waals surface area contributed by atoms with Crippen LogP contribution < -0.4 is 0 Å². The van der Waals surface area contributed by atoms with Crippen LogP contribution in [0.15, 0.2) is 206 Å². The molecule has 2 heterocycles. The SMILES string of the molecule is c1ccc(-c2ccc(-c3nc(-c4ccccc4)cc(-c4ccccc4-c4nn(-c5ccccc5)c5c4c(-c4ccccc4)cc4ccccc45)n3)cc2)cc1. The van der Waals surface area contributed by atoms with Gasteiger partial charge < -0.3 is 0 Å². The van der Waals surface area contributed by atoms with Crippen molar-refractivity contribution in [3.63, 3.8) is 0 Å². The summed E-state index contributed by atoms with van der Waals surface area (Å²) in [4.78, 5) is 10.5. The minimum Gasteiger partial charge on any atom is -0.232 e. The maximum Gasteiger partial charge on any atom is 0.160 e. The smallest absolute Gasteiger partial charge is 0.160 e. The van der Waals surface area contributed by atoms with Crippen LogP contribution in [0.25, 0.3) is 94.8 Å². The zero-order chi connectivity index (χ0) is 36.6. The van der Waals surface area contributed by atoms with Crippen molar-refractivity contribution in [1.29, 1.82) is 0 Å². The van der Waals surface area contributed by atoms with Crippen LogP contribution in [0.2, 0.25) is 0 Å². The standard InChI is InChI=1S/C51H34N4/c1-5-17-35(18-6-1)36-29-31-39(32-30-36)51-52-46(38-21-9-3-10-22-38)34-47(53-51)43-27-15-16-28-44(43)49-48-45(37-19-7-2-8-20-37)33-40-23-13-14-26-42(40)50(48)55(54-49)41-24-11-4-12-25-41/h1-34H. The summed E-state index contributed by atoms with van der Waals surface area (Å²) in [6.45, 7) is 0. The predicted molar refractivity (Wildman–Crippen MR) is 227 cm³/mol. The lowest BCUT2D eigenvalue weighted by Gasteiger charge is -2.13. The molecule has 10 rings (SSSR count). The molecule has 0 atom stereocenters. The normalized spacial score (nSPS) is 11.3. The first kappa shape index (κ1) is 32.2. The highest BCUT2D eigenvalue weighted by atomic mass is 15.3. The van der Waals surface area contributed by atoms with Crippen LogP contribution in [0, 0.1) is 0 Å². The average molecular weight is 703 g/mol. The lowest BCUT2D eigenvalue weighted by Crippen LogP contribution is -1.98. The molecule has 0 N–H and O–H groups in total. The fraction of sp³-hybridized carbons (Fsp3) is 0. The van der Waals surface area contributed by atoms with Gasteiger partial charge in [-0.3, -0.25) is 0 Å². The molecule has 0 aliphatic rings. The number of aromatic nitrogens is 4. The molecular formula is C51H34N4. The Morgan fingerprint density at radius 2 is 0.891 bits per heavy atom. The summed E-state index contributed by atoms with van der Waals surface area (Å²) in [5.74, 6) is 0.668. The van der Waals surface area contributed by atoms with Crippen LogP contribution in [0.5, 0.6) is 0 Å². The van der Waals surface area contributed by atoms with Gasteiger partial charge in [-0.25, -0.2) is 14.6 Å². The number of fused-ring (bicyclic) bond motifs is 3. The maximum absolute atomic E-state index is 5.53. The molecule has 10 aromatic rings. The minimum atomic E-state index is 0.668. The Morgan fingerprint density at radius 1 is 0.364 bits per heavy atom. The van der Waals surface area contributed by atoms with Gasteiger partial charge in [0.25, 0.3) is 0 Å². The first-order valence-electron chi connectivity index (χ1n) is 18.5. The van der Waals surface area contributed by atoms with Crippen LogP contribution in [-0.2, 0) is 0 Å². The van der Waals surface area contributed by atoms with Crippen LogP contribution in [0.4, 0.5) is 0 Å². The van der Waals surface area contributed by atoms with Gasteiger partial charge in [-0.1, -0.05) is 182 Å². The van der Waals surface area contributed by atoms with E-state index in [0.717, 1.165) is 83.4 Å². The van der Waals surface area contributed by atoms with Crippen molar-refractivity contribution in [1.82, 2.24) is 19.7 Å². The largest absolute Gasteiger partial charge is 0.232 e. The van der Waals surface area contributed by atoms with E-state index in [-0.39, 0.29) is 0 Å². The Labute approximate surface area is 319 Å². The van der Waals surface area contributed by atoms with Crippen molar-refractivity contribution in [2.45, 2.75) is 0 Å². The Morgan fingerprint density at radius 3 is 1.60 bits per heavy atom. The van der Waals surface area contributed by atoms with E-state index < -0.39 is 0 Å². The number of hydrogen-bond acceptors (Lipinski definition) is 3. The van der Waals surface area contributed by atoms with Gasteiger partial charge in [-0.2, -0.15) is 5.10 Å². The number of para-hydroxylation sites is 1. The van der Waals surface area contributed by atoms with Gasteiger partial charge >= 0.3 is 0 Å². The molecular weight excluding hydrogens is 669 g/mol. The molecule has 0 saturated heterocycles. The van der Waals surface area contributed by atoms with Gasteiger partial charge in [0.2, 0.25) is 0 Å². The second-order valence-electron chi connectivity index (χ2n) is 13.6. The molecule has 0 saturated carbocycles. The first-order valence-corrected chi connectivity index (χ1v) is 18.5. The van der Waals surface area contributed by atoms with Crippen molar-refractivity contribution in [3.8, 4) is 73.1 Å². The number of nitrogens with zero attached hydrogens (tertiary/aromatic N) is 4. The van der Waals surface area contributed by atoms with E-state index in [1.165, 1.54) is 5.56 Å². The number of benzene rings is 8. The van der Waals surface area contributed by atoms with Gasteiger partial charge in [-0.05, 0) is 51.9 Å². The topological polar surface area (TPSA) is 43.6 Å². The Hall–Kier alpha value is -7.43. The van der Waals surface area contributed by atoms with Crippen molar-refractivity contribution in [3.05, 3.63) is 206 Å². The second kappa shape index (κ2) is 13.8. The molecule has 4 nitrogen and oxygen atoms in total. The van der Waals surface area contributed by atoms with Crippen LogP contribution in [0.3, 0.4) is 0 Å². The summed E-state index contributed by atoms with van der Waals surface area (Å²) in [6.07, 6.45) is 0. The molecule has 0 radical (unpaired) electrons. The molecule has 4 heteroatoms. The van der Waals surface area contributed by atoms with E-state index in [1.807, 2.05) is 18.2 Å². The molecule has 0 spiro atoms. The van der Waals surface area contributed by atoms with Crippen LogP contribution in [0.1, 0.15) is 0 Å². The van der Waals surface area contributed by atoms with E-state index in [0.29, 0.717) is 5.82 Å². The molecule has 0 fully saturated rings. The Balaban J connectivity index is 1.23. The van der Waals surface area contributed by atoms with Gasteiger partial charge in [0.1, 0.15) is 5.69 Å². The highest BCUT2D eigenvalue weighted by Crippen LogP contribution is 2.44. The summed E-state index contributed by atoms with van der Waals surface area (Å²) < 4.78 is 2.12. The Kier molecular flexibility index (Phi) is 8.12. The van der Waals surface area contributed by atoms with Crippen molar-refractivity contribution >= 4 is 21.7 Å². The average Bonchev–Trinajstić information content (AvgIpc) is 3.68. The molecule has 0 aliphatic heterocycles. The minimum absolute atomic E-state index is 0.668. The van der Waals surface area contributed by atoms with Gasteiger partial charge in [0.15, 0.2) is 5.82 Å². The van der Waals surface area contributed by atoms with E-state index in [2.05, 4.69) is 193 Å². The Bertz CT molecular complexity index is 2940. The predicted octanol–water partition coefficient (Wildman–Crippen LogP) is 13.0. The summed E-state index contributed by atoms with van der Waals surface area (Å²) in [7, 11) is 0. The van der Waals surface area contributed by atoms with Gasteiger partial charge in [-0.15, -0.1) is 0 Å². The lowest BCUT2D eigenvalue weighted by atomic mass is 9.92. The number of hydrogen-bond donors (Lipinski definition) is 0. The van der Waals surface area contributed by atoms with Crippen molar-refractivity contribution in [2.24, 2.45) is 0 Å². The van der Waals surface area contributed by atoms with E-state index >= 15 is 0 Å². The third kappa shape index (κ3) is 5.96. The molecule has 0 amide bonds. The zero-order valence-electron chi connectivity index (χ0n) is 29.9. The maximum atomic E-state index is 5.53. The van der Waals surface area contributed by atoms with Crippen molar-refractivity contribution in [2.75, 3.05) is 0 Å². The molecule has 0 bridgehead atoms. The lowest BCUT2D eigenvalue weighted by molar-refractivity contribution is 0.918. The number of rotatable bonds is 7. The third-order valence-corrected chi connectivity index (χ3v) is 10.3. The van der Waals surface area contributed by atoms with E-state index in [1.54, 1.807) is 0 Å². The molecule has 55 heavy (non-hydrogen) atoms. The molecule has 8 aromatic carbocycles. The summed E-state index contributed by atoms with van der Waals surface area (Å²) in [5.41, 5.74) is 13.2. The third-order valence-electron chi connectivity index (χ3n) is 10.3. The van der Waals surface area contributed by atoms with Crippen LogP contribution in [-0.4, -0.2) is 19.7 Å². The fourth-order valence-corrected chi connectivity index (χ4v) is 7.60. The zero-order valence-corrected chi connectivity index (χ0v) is 29.9. The monoisotopic (exact) mass is 702 g/mol. The second-order valence-corrected chi connectivity index (χ2v) is 13.6. The summed E-state index contributed by atoms with van der Waals surface area (Å²) in [6, 6.07) is 71.9. The molecule has 0 aliphatic carbocycles. The molecule has 2 aromatic heterocycles. The van der Waals surface area contributed by atoms with Crippen molar-refractivity contribution < 1.29 is 0 Å². The van der Waals surface area contributed by atoms with Gasteiger partial charge in [0, 0.05) is 33.0 Å². The fourth-order valence-electron chi connectivity index (χ4n) is 7.60. The highest BCUT2D eigenvalue weighted by molar-refractivity contribution is 6.18.